The number of aryl methyl sites for hydroxylation is 2. The lowest BCUT2D eigenvalue weighted by molar-refractivity contribution is -0.0187. The minimum absolute atomic E-state index is 0.00859. The van der Waals surface area contributed by atoms with Gasteiger partial charge in [-0.2, -0.15) is 16.8 Å². The van der Waals surface area contributed by atoms with Gasteiger partial charge in [0, 0.05) is 0 Å². The van der Waals surface area contributed by atoms with Crippen molar-refractivity contribution in [2.75, 3.05) is 11.5 Å². The molecule has 0 fully saturated rings. The number of hydrogen-bond donors (Lipinski definition) is 2. The normalized spacial score (nSPS) is 13.6. The lowest BCUT2D eigenvalue weighted by atomic mass is 9.99. The van der Waals surface area contributed by atoms with Crippen molar-refractivity contribution in [2.24, 2.45) is 0 Å². The molecule has 2 unspecified atom stereocenters. The number of unbranched alkanes of at least 4 members (excludes halogenated alkanes) is 12. The highest BCUT2D eigenvalue weighted by atomic mass is 32.2. The van der Waals surface area contributed by atoms with Gasteiger partial charge in [-0.15, -0.1) is 0 Å². The fraction of sp³-hybridized carbons (Fsp3) is 0.667. The molecule has 2 aromatic carbocycles. The van der Waals surface area contributed by atoms with E-state index in [4.69, 9.17) is 4.74 Å². The molecular formula is C36H58O7S2. The molecule has 0 saturated carbocycles. The van der Waals surface area contributed by atoms with Crippen molar-refractivity contribution in [3.8, 4) is 0 Å². The second-order valence-corrected chi connectivity index (χ2v) is 15.6. The Bertz CT molecular complexity index is 1160. The van der Waals surface area contributed by atoms with Crippen LogP contribution in [0.15, 0.2) is 48.5 Å². The first-order valence-corrected chi connectivity index (χ1v) is 20.5. The predicted octanol–water partition coefficient (Wildman–Crippen LogP) is 9.63. The van der Waals surface area contributed by atoms with E-state index in [0.717, 1.165) is 36.8 Å². The summed E-state index contributed by atoms with van der Waals surface area (Å²) in [4.78, 5) is 0. The zero-order valence-corrected chi connectivity index (χ0v) is 29.3. The monoisotopic (exact) mass is 666 g/mol. The third kappa shape index (κ3) is 18.8. The maximum absolute atomic E-state index is 11.7. The van der Waals surface area contributed by atoms with Crippen molar-refractivity contribution < 1.29 is 30.7 Å². The molecule has 7 nitrogen and oxygen atoms in total. The minimum atomic E-state index is -4.23. The van der Waals surface area contributed by atoms with Crippen LogP contribution in [0.5, 0.6) is 0 Å². The molecule has 2 atom stereocenters. The Hall–Kier alpha value is -1.78. The summed E-state index contributed by atoms with van der Waals surface area (Å²) in [5, 5.41) is 0. The third-order valence-electron chi connectivity index (χ3n) is 8.45. The van der Waals surface area contributed by atoms with Gasteiger partial charge in [0.25, 0.3) is 20.2 Å². The second-order valence-electron chi connectivity index (χ2n) is 12.5. The van der Waals surface area contributed by atoms with Gasteiger partial charge < -0.3 is 4.74 Å². The van der Waals surface area contributed by atoms with Gasteiger partial charge in [0.2, 0.25) is 0 Å². The summed E-state index contributed by atoms with van der Waals surface area (Å²) in [6, 6.07) is 15.8. The Labute approximate surface area is 274 Å². The molecule has 0 spiro atoms. The zero-order chi connectivity index (χ0) is 33.0. The Kier molecular flexibility index (Phi) is 19.2. The van der Waals surface area contributed by atoms with Gasteiger partial charge in [-0.25, -0.2) is 0 Å². The van der Waals surface area contributed by atoms with E-state index < -0.39 is 43.9 Å². The highest BCUT2D eigenvalue weighted by Gasteiger charge is 2.24. The van der Waals surface area contributed by atoms with E-state index in [1.165, 1.54) is 88.2 Å². The molecule has 0 aromatic heterocycles. The van der Waals surface area contributed by atoms with Gasteiger partial charge in [0.1, 0.15) is 0 Å². The smallest absolute Gasteiger partial charge is 0.264 e. The number of benzene rings is 2. The molecule has 2 aromatic rings. The van der Waals surface area contributed by atoms with Crippen molar-refractivity contribution >= 4 is 20.2 Å². The van der Waals surface area contributed by atoms with E-state index in [1.54, 1.807) is 0 Å². The maximum Gasteiger partial charge on any atom is 0.264 e. The molecule has 0 aliphatic rings. The van der Waals surface area contributed by atoms with Crippen LogP contribution in [-0.2, 0) is 37.8 Å². The quantitative estimate of drug-likeness (QED) is 0.0758. The van der Waals surface area contributed by atoms with Crippen LogP contribution in [0.2, 0.25) is 0 Å². The van der Waals surface area contributed by atoms with Crippen molar-refractivity contribution in [2.45, 2.75) is 142 Å². The topological polar surface area (TPSA) is 118 Å². The van der Waals surface area contributed by atoms with Crippen LogP contribution in [0.3, 0.4) is 0 Å². The molecule has 0 heterocycles. The van der Waals surface area contributed by atoms with E-state index >= 15 is 0 Å². The second kappa shape index (κ2) is 21.9. The van der Waals surface area contributed by atoms with Crippen LogP contribution in [0, 0.1) is 0 Å². The molecule has 0 radical (unpaired) electrons. The van der Waals surface area contributed by atoms with Crippen LogP contribution < -0.4 is 0 Å². The summed E-state index contributed by atoms with van der Waals surface area (Å²) in [6.45, 7) is 4.44. The number of rotatable bonds is 26. The van der Waals surface area contributed by atoms with Crippen molar-refractivity contribution in [3.63, 3.8) is 0 Å². The average Bonchev–Trinajstić information content (AvgIpc) is 3.00. The molecule has 0 amide bonds. The van der Waals surface area contributed by atoms with E-state index in [9.17, 15) is 25.9 Å². The van der Waals surface area contributed by atoms with Crippen LogP contribution in [0.1, 0.15) is 151 Å². The summed E-state index contributed by atoms with van der Waals surface area (Å²) >= 11 is 0. The van der Waals surface area contributed by atoms with Gasteiger partial charge in [0.15, 0.2) is 0 Å². The van der Waals surface area contributed by atoms with Crippen molar-refractivity contribution in [3.05, 3.63) is 70.8 Å². The summed E-state index contributed by atoms with van der Waals surface area (Å²) in [5.74, 6) is -0.973. The molecule has 2 rings (SSSR count). The van der Waals surface area contributed by atoms with Crippen LogP contribution >= 0.6 is 0 Å². The third-order valence-corrected chi connectivity index (χ3v) is 9.95. The fourth-order valence-corrected chi connectivity index (χ4v) is 6.73. The SMILES string of the molecule is CCCCCCCCCc1ccc(C(CCS(=O)(=O)O)OC(CCS(=O)(=O)O)c2ccc(CCCCCCCCC)cc2)cc1. The first-order valence-electron chi connectivity index (χ1n) is 17.2. The van der Waals surface area contributed by atoms with Crippen molar-refractivity contribution in [1.82, 2.24) is 0 Å². The Morgan fingerprint density at radius 2 is 0.822 bits per heavy atom. The standard InChI is InChI=1S/C36H58O7S2/c1-3-5-7-9-11-13-15-17-31-19-23-33(24-20-31)35(27-29-44(37,38)39)43-36(28-30-45(40,41)42)34-25-21-32(22-26-34)18-16-14-12-10-8-6-4-2/h19-26,35-36H,3-18,27-30H2,1-2H3,(H,37,38,39)(H,40,41,42). The van der Waals surface area contributed by atoms with E-state index in [1.807, 2.05) is 48.5 Å². The summed E-state index contributed by atoms with van der Waals surface area (Å²) in [5.41, 5.74) is 3.91. The summed E-state index contributed by atoms with van der Waals surface area (Å²) < 4.78 is 72.1. The molecule has 9 heteroatoms. The first-order chi connectivity index (χ1) is 21.5. The molecule has 2 N–H and O–H groups in total. The Morgan fingerprint density at radius 3 is 1.13 bits per heavy atom. The van der Waals surface area contributed by atoms with Crippen LogP contribution in [0.25, 0.3) is 0 Å². The maximum atomic E-state index is 11.7. The molecule has 0 aliphatic carbocycles. The van der Waals surface area contributed by atoms with Gasteiger partial charge in [0.05, 0.1) is 23.7 Å². The predicted molar refractivity (Wildman–Crippen MR) is 185 cm³/mol. The Balaban J connectivity index is 2.10. The highest BCUT2D eigenvalue weighted by molar-refractivity contribution is 7.86. The van der Waals surface area contributed by atoms with E-state index in [0.29, 0.717) is 0 Å². The van der Waals surface area contributed by atoms with Gasteiger partial charge >= 0.3 is 0 Å². The Morgan fingerprint density at radius 1 is 0.511 bits per heavy atom. The largest absolute Gasteiger partial charge is 0.366 e. The van der Waals surface area contributed by atoms with Gasteiger partial charge in [-0.1, -0.05) is 139 Å². The molecule has 0 aliphatic heterocycles. The molecule has 256 valence electrons. The summed E-state index contributed by atoms with van der Waals surface area (Å²) in [7, 11) is -8.47. The minimum Gasteiger partial charge on any atom is -0.366 e. The summed E-state index contributed by atoms with van der Waals surface area (Å²) in [6.07, 6.45) is 17.9. The number of ether oxygens (including phenoxy) is 1. The highest BCUT2D eigenvalue weighted by Crippen LogP contribution is 2.33. The molecule has 0 bridgehead atoms. The lowest BCUT2D eigenvalue weighted by Crippen LogP contribution is -2.17. The van der Waals surface area contributed by atoms with Crippen LogP contribution in [-0.4, -0.2) is 37.4 Å². The van der Waals surface area contributed by atoms with Crippen LogP contribution in [0.4, 0.5) is 0 Å². The first kappa shape index (κ1) is 39.4. The number of hydrogen-bond acceptors (Lipinski definition) is 5. The average molecular weight is 667 g/mol. The van der Waals surface area contributed by atoms with E-state index in [-0.39, 0.29) is 12.8 Å². The fourth-order valence-electron chi connectivity index (χ4n) is 5.71. The lowest BCUT2D eigenvalue weighted by Gasteiger charge is -2.26. The zero-order valence-electron chi connectivity index (χ0n) is 27.7. The van der Waals surface area contributed by atoms with Gasteiger partial charge in [-0.05, 0) is 60.8 Å². The molecule has 45 heavy (non-hydrogen) atoms. The van der Waals surface area contributed by atoms with E-state index in [2.05, 4.69) is 13.8 Å². The van der Waals surface area contributed by atoms with Gasteiger partial charge in [-0.3, -0.25) is 9.11 Å². The van der Waals surface area contributed by atoms with Crippen molar-refractivity contribution in [1.29, 1.82) is 0 Å². The molecular weight excluding hydrogens is 609 g/mol. The molecule has 0 saturated heterocycles.